The molecule has 2 aromatic carbocycles. The summed E-state index contributed by atoms with van der Waals surface area (Å²) in [5.74, 6) is 0.625. The number of carbonyl (C=O) groups excluding carboxylic acids is 2. The molecular weight excluding hydrogens is 1090 g/mol. The zero-order valence-electron chi connectivity index (χ0n) is 53.4. The molecule has 13 nitrogen and oxygen atoms in total. The topological polar surface area (TPSA) is 129 Å². The maximum atomic E-state index is 14.0. The van der Waals surface area contributed by atoms with Crippen LogP contribution in [-0.2, 0) is 33.3 Å². The van der Waals surface area contributed by atoms with Crippen LogP contribution in [0.1, 0.15) is 143 Å². The summed E-state index contributed by atoms with van der Waals surface area (Å²) in [5.41, 5.74) is 11.8. The lowest BCUT2D eigenvalue weighted by Gasteiger charge is -2.36. The van der Waals surface area contributed by atoms with Gasteiger partial charge in [0.2, 0.25) is 11.8 Å². The van der Waals surface area contributed by atoms with Crippen LogP contribution >= 0.6 is 22.7 Å². The number of hydrogen-bond acceptors (Lipinski definition) is 11. The van der Waals surface area contributed by atoms with E-state index in [9.17, 15) is 19.8 Å². The van der Waals surface area contributed by atoms with E-state index in [-0.39, 0.29) is 12.2 Å². The smallest absolute Gasteiger partial charge is 0.233 e. The quantitative estimate of drug-likeness (QED) is 0.0591. The maximum absolute atomic E-state index is 14.0. The van der Waals surface area contributed by atoms with Crippen molar-refractivity contribution in [3.63, 3.8) is 0 Å². The minimum absolute atomic E-state index is 0.274. The van der Waals surface area contributed by atoms with E-state index in [1.807, 2.05) is 6.92 Å². The molecule has 462 valence electrons. The summed E-state index contributed by atoms with van der Waals surface area (Å²) in [7, 11) is 0. The number of aromatic nitrogens is 2. The molecule has 6 aliphatic rings. The average Bonchev–Trinajstić information content (AvgIpc) is 1.79. The molecule has 6 aliphatic heterocycles. The highest BCUT2D eigenvalue weighted by Gasteiger charge is 2.49. The Bertz CT molecular complexity index is 3210. The third-order valence-electron chi connectivity index (χ3n) is 20.5. The monoisotopic (exact) mass is 1200 g/mol. The fourth-order valence-corrected chi connectivity index (χ4v) is 18.1. The van der Waals surface area contributed by atoms with Crippen LogP contribution in [0, 0.1) is 27.7 Å². The van der Waals surface area contributed by atoms with Crippen molar-refractivity contribution in [2.24, 2.45) is 0 Å². The van der Waals surface area contributed by atoms with Crippen LogP contribution in [-0.4, -0.2) is 201 Å². The summed E-state index contributed by atoms with van der Waals surface area (Å²) in [6.45, 7) is 37.8. The Hall–Kier alpha value is -4.42. The first-order chi connectivity index (χ1) is 40.7. The number of carbonyl (C=O) groups is 2. The molecule has 2 amide bonds. The van der Waals surface area contributed by atoms with Gasteiger partial charge in [0.05, 0.1) is 34.4 Å². The van der Waals surface area contributed by atoms with E-state index >= 15 is 0 Å². The normalized spacial score (nSPS) is 22.4. The van der Waals surface area contributed by atoms with Crippen LogP contribution in [0.3, 0.4) is 0 Å². The molecule has 0 radical (unpaired) electrons. The van der Waals surface area contributed by atoms with Crippen molar-refractivity contribution in [3.8, 4) is 22.5 Å². The first-order valence-corrected chi connectivity index (χ1v) is 34.4. The molecule has 0 spiro atoms. The standard InChI is InChI=1S/C37H55N5O2S.C33H46N4O2S/c1-7-39(8-2)23-30(43)24-41-17-15-40(16-18-41)14-13-31-32-22-33(37(5,6)36(44)42-28-9-10-29(42)12-11-28)45-35(32)38-34(31)27-20-25(3)19-26(4)21-27;1-21-16-22(2)18-24(17-21)30-27(10-11-35-12-14-36(15-13-35)20-23(3)38)28-19-29(40-31(28)34-30)33(4,5)32(39)37-25-6-7-26(37)9-8-25/h19-22,28-30,38,43H,7-18,23-24H2,1-6H3;16-19,23,25-26,34,38H,6-15,20H2,1-5H3. The fourth-order valence-electron chi connectivity index (χ4n) is 15.7. The Kier molecular flexibility index (Phi) is 19.0. The predicted molar refractivity (Wildman–Crippen MR) is 353 cm³/mol. The molecule has 2 atom stereocenters. The largest absolute Gasteiger partial charge is 0.392 e. The van der Waals surface area contributed by atoms with Crippen molar-refractivity contribution in [2.45, 2.75) is 188 Å². The van der Waals surface area contributed by atoms with Crippen LogP contribution in [0.5, 0.6) is 0 Å². The van der Waals surface area contributed by atoms with E-state index < -0.39 is 10.8 Å². The van der Waals surface area contributed by atoms with Crippen LogP contribution in [0.2, 0.25) is 0 Å². The number of piperazine rings is 2. The molecule has 6 fully saturated rings. The number of thiophene rings is 2. The van der Waals surface area contributed by atoms with Gasteiger partial charge in [-0.3, -0.25) is 19.4 Å². The number of fused-ring (bicyclic) bond motifs is 6. The summed E-state index contributed by atoms with van der Waals surface area (Å²) in [4.78, 5) is 57.0. The summed E-state index contributed by atoms with van der Waals surface area (Å²) in [5, 5.41) is 23.0. The molecule has 4 bridgehead atoms. The van der Waals surface area contributed by atoms with Crippen molar-refractivity contribution in [1.29, 1.82) is 0 Å². The molecule has 0 saturated carbocycles. The van der Waals surface area contributed by atoms with Gasteiger partial charge in [0.15, 0.2) is 0 Å². The predicted octanol–water partition coefficient (Wildman–Crippen LogP) is 11.3. The van der Waals surface area contributed by atoms with E-state index in [2.05, 4.69) is 162 Å². The van der Waals surface area contributed by atoms with E-state index in [0.717, 1.165) is 111 Å². The molecule has 15 heteroatoms. The highest BCUT2D eigenvalue weighted by Crippen LogP contribution is 2.47. The number of aliphatic hydroxyl groups excluding tert-OH is 2. The zero-order valence-corrected chi connectivity index (χ0v) is 55.1. The minimum Gasteiger partial charge on any atom is -0.392 e. The van der Waals surface area contributed by atoms with Gasteiger partial charge in [0.1, 0.15) is 9.66 Å². The highest BCUT2D eigenvalue weighted by atomic mass is 32.1. The number of H-pyrrole nitrogens is 2. The summed E-state index contributed by atoms with van der Waals surface area (Å²) in [6.07, 6.45) is 10.8. The number of hydrogen-bond donors (Lipinski definition) is 4. The number of β-amino-alcohol motifs (C(OH)–C–C–N with tert-alkyl or cyclic N) is 2. The zero-order chi connectivity index (χ0) is 60.1. The highest BCUT2D eigenvalue weighted by molar-refractivity contribution is 7.19. The summed E-state index contributed by atoms with van der Waals surface area (Å²) < 4.78 is 0. The van der Waals surface area contributed by atoms with Crippen molar-refractivity contribution in [2.75, 3.05) is 98.2 Å². The lowest BCUT2D eigenvalue weighted by Crippen LogP contribution is -2.50. The third-order valence-corrected chi connectivity index (χ3v) is 23.3. The molecule has 4 aromatic heterocycles. The van der Waals surface area contributed by atoms with Gasteiger partial charge < -0.3 is 44.7 Å². The van der Waals surface area contributed by atoms with E-state index in [1.165, 1.54) is 137 Å². The van der Waals surface area contributed by atoms with Crippen molar-refractivity contribution >= 4 is 54.9 Å². The van der Waals surface area contributed by atoms with Crippen molar-refractivity contribution in [3.05, 3.63) is 91.7 Å². The number of nitrogens with zero attached hydrogens (tertiary/aromatic N) is 7. The van der Waals surface area contributed by atoms with Crippen molar-refractivity contribution in [1.82, 2.24) is 44.3 Å². The lowest BCUT2D eigenvalue weighted by atomic mass is 9.88. The van der Waals surface area contributed by atoms with Gasteiger partial charge in [0, 0.05) is 130 Å². The van der Waals surface area contributed by atoms with E-state index in [1.54, 1.807) is 22.7 Å². The van der Waals surface area contributed by atoms with E-state index in [0.29, 0.717) is 36.0 Å². The van der Waals surface area contributed by atoms with E-state index in [4.69, 9.17) is 0 Å². The number of amides is 2. The second-order valence-corrected chi connectivity index (χ2v) is 29.9. The number of likely N-dealkylation sites (N-methyl/N-ethyl adjacent to an activating group) is 1. The molecule has 0 aliphatic carbocycles. The van der Waals surface area contributed by atoms with Gasteiger partial charge in [-0.2, -0.15) is 0 Å². The number of aryl methyl sites for hydroxylation is 4. The molecule has 6 saturated heterocycles. The van der Waals surface area contributed by atoms with Gasteiger partial charge in [-0.1, -0.05) is 48.2 Å². The Morgan fingerprint density at radius 1 is 0.541 bits per heavy atom. The molecule has 85 heavy (non-hydrogen) atoms. The van der Waals surface area contributed by atoms with Crippen LogP contribution in [0.15, 0.2) is 48.5 Å². The van der Waals surface area contributed by atoms with Gasteiger partial charge in [-0.25, -0.2) is 0 Å². The Morgan fingerprint density at radius 2 is 0.882 bits per heavy atom. The van der Waals surface area contributed by atoms with Gasteiger partial charge >= 0.3 is 0 Å². The molecule has 10 heterocycles. The second-order valence-electron chi connectivity index (χ2n) is 27.8. The minimum atomic E-state index is -0.529. The Labute approximate surface area is 516 Å². The Morgan fingerprint density at radius 3 is 1.22 bits per heavy atom. The van der Waals surface area contributed by atoms with Crippen LogP contribution in [0.25, 0.3) is 42.9 Å². The molecule has 12 rings (SSSR count). The maximum Gasteiger partial charge on any atom is 0.233 e. The molecule has 4 N–H and O–H groups in total. The van der Waals surface area contributed by atoms with Crippen molar-refractivity contribution < 1.29 is 19.8 Å². The van der Waals surface area contributed by atoms with Crippen LogP contribution in [0.4, 0.5) is 0 Å². The van der Waals surface area contributed by atoms with Gasteiger partial charge in [0.25, 0.3) is 0 Å². The van der Waals surface area contributed by atoms with Gasteiger partial charge in [-0.15, -0.1) is 22.7 Å². The Balaban J connectivity index is 0.000000178. The lowest BCUT2D eigenvalue weighted by molar-refractivity contribution is -0.138. The molecule has 2 unspecified atom stereocenters. The number of aromatic amines is 2. The first-order valence-electron chi connectivity index (χ1n) is 32.8. The van der Waals surface area contributed by atoms with Crippen LogP contribution < -0.4 is 0 Å². The number of benzene rings is 2. The third kappa shape index (κ3) is 13.3. The SMILES string of the molecule is CCN(CC)CC(O)CN1CCN(CCc2c(-c3cc(C)cc(C)c3)[nH]c3sc(C(C)(C)C(=O)N4C5CCC4CC5)cc23)CC1.Cc1cc(C)cc(-c2[nH]c3sc(C(C)(C)C(=O)N4C5CCC4CC5)cc3c2CCN2CCN(CC(C)O)CC2)c1. The number of rotatable bonds is 20. The summed E-state index contributed by atoms with van der Waals surface area (Å²) >= 11 is 3.55. The first kappa shape index (κ1) is 62.2. The molecule has 6 aromatic rings. The van der Waals surface area contributed by atoms with Gasteiger partial charge in [-0.05, 0) is 198 Å². The number of aliphatic hydroxyl groups is 2. The average molecular weight is 1200 g/mol. The second kappa shape index (κ2) is 26.0. The molecular formula is C70H101N9O4S2. The number of nitrogens with one attached hydrogen (secondary N) is 2. The summed E-state index contributed by atoms with van der Waals surface area (Å²) in [6, 6.07) is 20.1. The fraction of sp³-hybridized carbons (Fsp3) is 0.629.